The van der Waals surface area contributed by atoms with Gasteiger partial charge in [0.2, 0.25) is 0 Å². The number of unbranched alkanes of at least 4 members (excludes halogenated alkanes) is 12. The molecule has 0 amide bonds. The molecule has 6 nitrogen and oxygen atoms in total. The average molecular weight is 871 g/mol. The van der Waals surface area contributed by atoms with Crippen molar-refractivity contribution in [2.75, 3.05) is 13.2 Å². The van der Waals surface area contributed by atoms with Crippen LogP contribution in [0.3, 0.4) is 0 Å². The summed E-state index contributed by atoms with van der Waals surface area (Å²) in [5, 5.41) is 0. The summed E-state index contributed by atoms with van der Waals surface area (Å²) < 4.78 is 16.6. The molecule has 0 heterocycles. The lowest BCUT2D eigenvalue weighted by atomic mass is 10.1. The normalized spacial score (nSPS) is 13.1. The first-order valence-corrected chi connectivity index (χ1v) is 25.0. The predicted octanol–water partition coefficient (Wildman–Crippen LogP) is 16.5. The Kier molecular flexibility index (Phi) is 47.1. The van der Waals surface area contributed by atoms with Gasteiger partial charge in [0.05, 0.1) is 0 Å². The molecule has 0 bridgehead atoms. The van der Waals surface area contributed by atoms with Crippen LogP contribution in [0.15, 0.2) is 122 Å². The number of esters is 3. The van der Waals surface area contributed by atoms with Crippen molar-refractivity contribution in [3.63, 3.8) is 0 Å². The van der Waals surface area contributed by atoms with Gasteiger partial charge in [0.1, 0.15) is 13.2 Å². The molecular weight excluding hydrogens is 781 g/mol. The van der Waals surface area contributed by atoms with Gasteiger partial charge >= 0.3 is 17.9 Å². The Morgan fingerprint density at radius 1 is 0.333 bits per heavy atom. The van der Waals surface area contributed by atoms with Gasteiger partial charge in [-0.25, -0.2) is 0 Å². The Morgan fingerprint density at radius 2 is 0.651 bits per heavy atom. The van der Waals surface area contributed by atoms with Crippen LogP contribution in [-0.4, -0.2) is 37.2 Å². The minimum Gasteiger partial charge on any atom is -0.462 e. The molecule has 0 N–H and O–H groups in total. The van der Waals surface area contributed by atoms with Gasteiger partial charge in [-0.3, -0.25) is 14.4 Å². The third kappa shape index (κ3) is 48.7. The summed E-state index contributed by atoms with van der Waals surface area (Å²) in [6.45, 7) is 6.25. The highest BCUT2D eigenvalue weighted by Gasteiger charge is 2.19. The Balaban J connectivity index is 4.60. The van der Waals surface area contributed by atoms with Crippen LogP contribution in [-0.2, 0) is 28.6 Å². The molecule has 0 saturated heterocycles. The molecule has 0 saturated carbocycles. The number of hydrogen-bond donors (Lipinski definition) is 0. The summed E-state index contributed by atoms with van der Waals surface area (Å²) in [6.07, 6.45) is 69.2. The molecule has 1 unspecified atom stereocenters. The second-order valence-electron chi connectivity index (χ2n) is 16.0. The Hall–Kier alpha value is -4.19. The fourth-order valence-electron chi connectivity index (χ4n) is 6.26. The lowest BCUT2D eigenvalue weighted by Crippen LogP contribution is -2.30. The highest BCUT2D eigenvalue weighted by molar-refractivity contribution is 5.71. The van der Waals surface area contributed by atoms with Gasteiger partial charge in [-0.2, -0.15) is 0 Å². The van der Waals surface area contributed by atoms with Crippen LogP contribution in [0.2, 0.25) is 0 Å². The summed E-state index contributed by atoms with van der Waals surface area (Å²) in [7, 11) is 0. The molecule has 0 aromatic rings. The van der Waals surface area contributed by atoms with E-state index in [1.165, 1.54) is 51.4 Å². The molecule has 0 fully saturated rings. The number of carbonyl (C=O) groups excluding carboxylic acids is 3. The van der Waals surface area contributed by atoms with Crippen LogP contribution < -0.4 is 0 Å². The standard InChI is InChI=1S/C57H90O6/c1-4-7-10-13-16-19-22-25-27-29-32-35-38-41-44-47-50-56(59)62-53-54(52-61-55(58)49-46-43-40-37-34-31-24-21-18-15-12-9-6-3)63-57(60)51-48-45-42-39-36-33-30-28-26-23-20-17-14-11-8-5-2/h7-8,10-11,16-17,19-20,25-28,31-32,34-35,40-41,43-44,54H,4-6,9,12-15,18,21-24,29-30,33,36-39,42,45-53H2,1-3H3/b10-7-,11-8-,19-16-,20-17-,27-25-,28-26-,34-31-,35-32-,43-40-,44-41-. The zero-order chi connectivity index (χ0) is 45.8. The number of rotatable bonds is 43. The van der Waals surface area contributed by atoms with Gasteiger partial charge in [0.25, 0.3) is 0 Å². The molecule has 0 aromatic heterocycles. The minimum atomic E-state index is -0.840. The molecule has 354 valence electrons. The zero-order valence-corrected chi connectivity index (χ0v) is 40.3. The van der Waals surface area contributed by atoms with Crippen LogP contribution in [0.25, 0.3) is 0 Å². The van der Waals surface area contributed by atoms with Crippen LogP contribution in [0.5, 0.6) is 0 Å². The Morgan fingerprint density at radius 3 is 1.03 bits per heavy atom. The van der Waals surface area contributed by atoms with Crippen molar-refractivity contribution in [3.05, 3.63) is 122 Å². The van der Waals surface area contributed by atoms with Gasteiger partial charge < -0.3 is 14.2 Å². The van der Waals surface area contributed by atoms with Gasteiger partial charge in [0.15, 0.2) is 6.10 Å². The molecule has 0 aromatic carbocycles. The third-order valence-corrected chi connectivity index (χ3v) is 9.96. The summed E-state index contributed by atoms with van der Waals surface area (Å²) >= 11 is 0. The maximum atomic E-state index is 12.8. The summed E-state index contributed by atoms with van der Waals surface area (Å²) in [5.74, 6) is -1.11. The fourth-order valence-corrected chi connectivity index (χ4v) is 6.26. The van der Waals surface area contributed by atoms with Crippen LogP contribution in [0.4, 0.5) is 0 Å². The number of ether oxygens (including phenoxy) is 3. The van der Waals surface area contributed by atoms with Crippen molar-refractivity contribution in [1.82, 2.24) is 0 Å². The van der Waals surface area contributed by atoms with Crippen LogP contribution in [0, 0.1) is 0 Å². The van der Waals surface area contributed by atoms with E-state index in [2.05, 4.69) is 124 Å². The lowest BCUT2D eigenvalue weighted by molar-refractivity contribution is -0.166. The monoisotopic (exact) mass is 871 g/mol. The maximum absolute atomic E-state index is 12.8. The molecule has 0 spiro atoms. The second kappa shape index (κ2) is 50.5. The van der Waals surface area contributed by atoms with Crippen molar-refractivity contribution < 1.29 is 28.6 Å². The average Bonchev–Trinajstić information content (AvgIpc) is 3.28. The topological polar surface area (TPSA) is 78.9 Å². The summed E-state index contributed by atoms with van der Waals surface area (Å²) in [4.78, 5) is 37.9. The molecule has 0 aliphatic carbocycles. The van der Waals surface area contributed by atoms with Crippen molar-refractivity contribution in [2.24, 2.45) is 0 Å². The molecule has 0 aliphatic rings. The minimum absolute atomic E-state index is 0.140. The van der Waals surface area contributed by atoms with Gasteiger partial charge in [-0.1, -0.05) is 200 Å². The molecule has 1 atom stereocenters. The van der Waals surface area contributed by atoms with E-state index in [9.17, 15) is 14.4 Å². The van der Waals surface area contributed by atoms with E-state index in [4.69, 9.17) is 14.2 Å². The first-order valence-electron chi connectivity index (χ1n) is 25.0. The lowest BCUT2D eigenvalue weighted by Gasteiger charge is -2.18. The fraction of sp³-hybridized carbons (Fsp3) is 0.596. The number of carbonyl (C=O) groups is 3. The Labute approximate surface area is 386 Å². The summed E-state index contributed by atoms with van der Waals surface area (Å²) in [5.41, 5.74) is 0. The van der Waals surface area contributed by atoms with E-state index in [1.807, 2.05) is 18.2 Å². The van der Waals surface area contributed by atoms with E-state index in [-0.39, 0.29) is 50.4 Å². The second-order valence-corrected chi connectivity index (χ2v) is 16.0. The van der Waals surface area contributed by atoms with Crippen molar-refractivity contribution in [2.45, 2.75) is 207 Å². The molecule has 0 radical (unpaired) electrons. The molecule has 6 heteroatoms. The van der Waals surface area contributed by atoms with Crippen LogP contribution in [0.1, 0.15) is 201 Å². The predicted molar refractivity (Wildman–Crippen MR) is 269 cm³/mol. The van der Waals surface area contributed by atoms with E-state index >= 15 is 0 Å². The highest BCUT2D eigenvalue weighted by atomic mass is 16.6. The maximum Gasteiger partial charge on any atom is 0.306 e. The van der Waals surface area contributed by atoms with Gasteiger partial charge in [-0.05, 0) is 103 Å². The van der Waals surface area contributed by atoms with Crippen molar-refractivity contribution >= 4 is 17.9 Å². The van der Waals surface area contributed by atoms with E-state index in [0.29, 0.717) is 12.8 Å². The van der Waals surface area contributed by atoms with Crippen molar-refractivity contribution in [1.29, 1.82) is 0 Å². The zero-order valence-electron chi connectivity index (χ0n) is 40.3. The highest BCUT2D eigenvalue weighted by Crippen LogP contribution is 2.12. The molecular formula is C57H90O6. The summed E-state index contributed by atoms with van der Waals surface area (Å²) in [6, 6.07) is 0. The number of hydrogen-bond acceptors (Lipinski definition) is 6. The van der Waals surface area contributed by atoms with E-state index in [0.717, 1.165) is 96.3 Å². The largest absolute Gasteiger partial charge is 0.462 e. The SMILES string of the molecule is CC/C=C\C/C=C\C/C=C\C/C=C\C/C=C\CCC(=O)OCC(COC(=O)CC/C=C\C/C=C\CCCCCCCC)OC(=O)CCCCCCCC/C=C\C/C=C\C/C=C\CC. The number of allylic oxidation sites excluding steroid dienone is 20. The van der Waals surface area contributed by atoms with Crippen LogP contribution >= 0.6 is 0 Å². The van der Waals surface area contributed by atoms with E-state index in [1.54, 1.807) is 0 Å². The Bertz CT molecular complexity index is 1370. The third-order valence-electron chi connectivity index (χ3n) is 9.96. The van der Waals surface area contributed by atoms with Gasteiger partial charge in [-0.15, -0.1) is 0 Å². The van der Waals surface area contributed by atoms with Crippen molar-refractivity contribution in [3.8, 4) is 0 Å². The first kappa shape index (κ1) is 58.8. The van der Waals surface area contributed by atoms with E-state index < -0.39 is 6.10 Å². The van der Waals surface area contributed by atoms with Gasteiger partial charge in [0, 0.05) is 19.3 Å². The molecule has 0 aliphatic heterocycles. The first-order chi connectivity index (χ1) is 31.0. The quantitative estimate of drug-likeness (QED) is 0.0263. The smallest absolute Gasteiger partial charge is 0.306 e. The molecule has 63 heavy (non-hydrogen) atoms. The molecule has 0 rings (SSSR count).